The smallest absolute Gasteiger partial charge is 1.00 e. The van der Waals surface area contributed by atoms with E-state index in [0.717, 1.165) is 0 Å². The van der Waals surface area contributed by atoms with Gasteiger partial charge in [-0.15, -0.1) is 6.92 Å². The average molecular weight is 607 g/mol. The van der Waals surface area contributed by atoms with E-state index in [-0.39, 0.29) is 104 Å². The second-order valence-electron chi connectivity index (χ2n) is 3.62. The van der Waals surface area contributed by atoms with Gasteiger partial charge < -0.3 is 71.9 Å². The first-order valence-electron chi connectivity index (χ1n) is 3.75. The molecule has 0 unspecified atom stereocenters. The van der Waals surface area contributed by atoms with Gasteiger partial charge in [-0.2, -0.15) is 11.1 Å². The Morgan fingerprint density at radius 3 is 1.36 bits per heavy atom. The molecular formula is C10H15I3Zr. The molecule has 0 fully saturated rings. The van der Waals surface area contributed by atoms with Crippen LogP contribution in [0.4, 0.5) is 0 Å². The summed E-state index contributed by atoms with van der Waals surface area (Å²) in [7, 11) is 0. The van der Waals surface area contributed by atoms with E-state index in [1.807, 2.05) is 0 Å². The zero-order valence-corrected chi connectivity index (χ0v) is 18.1. The Morgan fingerprint density at radius 2 is 1.29 bits per heavy atom. The fraction of sp³-hybridized carbons (Fsp3) is 0.600. The molecule has 4 heteroatoms. The van der Waals surface area contributed by atoms with Crippen molar-refractivity contribution in [2.75, 3.05) is 0 Å². The molecule has 0 saturated heterocycles. The SMILES string of the molecule is CC1=[C-]C(C)(C)C(C)=C1C.[I-].[I-].[I-].[Zr+4]. The van der Waals surface area contributed by atoms with Crippen LogP contribution >= 0.6 is 0 Å². The summed E-state index contributed by atoms with van der Waals surface area (Å²) in [6, 6.07) is 0. The molecule has 0 aliphatic heterocycles. The van der Waals surface area contributed by atoms with Gasteiger partial charge in [-0.25, -0.2) is 5.57 Å². The molecule has 0 heterocycles. The van der Waals surface area contributed by atoms with Gasteiger partial charge in [0.05, 0.1) is 0 Å². The Balaban J connectivity index is -0.000000125. The summed E-state index contributed by atoms with van der Waals surface area (Å²) in [5, 5.41) is 0. The summed E-state index contributed by atoms with van der Waals surface area (Å²) < 4.78 is 0. The van der Waals surface area contributed by atoms with E-state index < -0.39 is 0 Å². The minimum absolute atomic E-state index is 0. The van der Waals surface area contributed by atoms with Crippen LogP contribution in [0.5, 0.6) is 0 Å². The zero-order valence-electron chi connectivity index (χ0n) is 9.13. The number of allylic oxidation sites excluding steroid dienone is 4. The molecule has 14 heavy (non-hydrogen) atoms. The zero-order chi connectivity index (χ0) is 7.94. The predicted molar refractivity (Wildman–Crippen MR) is 44.6 cm³/mol. The van der Waals surface area contributed by atoms with E-state index in [1.165, 1.54) is 16.7 Å². The van der Waals surface area contributed by atoms with E-state index in [2.05, 4.69) is 40.7 Å². The molecule has 0 bridgehead atoms. The first-order valence-corrected chi connectivity index (χ1v) is 3.75. The molecule has 0 N–H and O–H groups in total. The molecule has 1 aliphatic carbocycles. The second-order valence-corrected chi connectivity index (χ2v) is 3.62. The van der Waals surface area contributed by atoms with Crippen LogP contribution < -0.4 is 71.9 Å². The van der Waals surface area contributed by atoms with Gasteiger partial charge in [0.2, 0.25) is 0 Å². The van der Waals surface area contributed by atoms with Gasteiger partial charge in [-0.1, -0.05) is 33.1 Å². The molecule has 80 valence electrons. The minimum atomic E-state index is 0. The molecule has 0 radical (unpaired) electrons. The molecule has 0 aromatic rings. The number of halogens is 3. The Labute approximate surface area is 158 Å². The summed E-state index contributed by atoms with van der Waals surface area (Å²) in [5.41, 5.74) is 4.39. The van der Waals surface area contributed by atoms with E-state index in [1.54, 1.807) is 0 Å². The maximum absolute atomic E-state index is 3.44. The predicted octanol–water partition coefficient (Wildman–Crippen LogP) is -5.88. The Hall–Kier alpha value is 2.55. The van der Waals surface area contributed by atoms with Crippen molar-refractivity contribution < 1.29 is 98.1 Å². The molecular weight excluding hydrogens is 592 g/mol. The van der Waals surface area contributed by atoms with E-state index in [0.29, 0.717) is 0 Å². The Bertz CT molecular complexity index is 230. The first-order chi connectivity index (χ1) is 4.45. The number of rotatable bonds is 0. The largest absolute Gasteiger partial charge is 4.00 e. The van der Waals surface area contributed by atoms with Crippen LogP contribution in [0.1, 0.15) is 34.6 Å². The summed E-state index contributed by atoms with van der Waals surface area (Å²) in [5.74, 6) is 0. The van der Waals surface area contributed by atoms with Crippen LogP contribution in [-0.2, 0) is 26.2 Å². The molecule has 0 spiro atoms. The molecule has 0 atom stereocenters. The fourth-order valence-corrected chi connectivity index (χ4v) is 1.41. The second kappa shape index (κ2) is 9.57. The van der Waals surface area contributed by atoms with Crippen LogP contribution in [0, 0.1) is 11.5 Å². The van der Waals surface area contributed by atoms with Crippen molar-refractivity contribution in [2.45, 2.75) is 34.6 Å². The van der Waals surface area contributed by atoms with Gasteiger partial charge in [0, 0.05) is 0 Å². The van der Waals surface area contributed by atoms with Gasteiger partial charge in [0.15, 0.2) is 0 Å². The van der Waals surface area contributed by atoms with Crippen molar-refractivity contribution in [1.82, 2.24) is 0 Å². The van der Waals surface area contributed by atoms with Crippen LogP contribution in [0.2, 0.25) is 0 Å². The molecule has 0 amide bonds. The molecule has 0 nitrogen and oxygen atoms in total. The maximum atomic E-state index is 3.44. The minimum Gasteiger partial charge on any atom is -1.00 e. The van der Waals surface area contributed by atoms with Gasteiger partial charge in [-0.05, 0) is 0 Å². The monoisotopic (exact) mass is 606 g/mol. The van der Waals surface area contributed by atoms with E-state index in [4.69, 9.17) is 0 Å². The van der Waals surface area contributed by atoms with Crippen molar-refractivity contribution in [3.05, 3.63) is 22.8 Å². The Morgan fingerprint density at radius 1 is 0.929 bits per heavy atom. The van der Waals surface area contributed by atoms with Crippen molar-refractivity contribution in [2.24, 2.45) is 5.41 Å². The standard InChI is InChI=1S/C10H15.3HI.Zr/c1-7-6-10(4,5)9(3)8(7)2;;;;/h1-5H3;3*1H;/q-1;;;;+4/p-3. The fourth-order valence-electron chi connectivity index (χ4n) is 1.41. The van der Waals surface area contributed by atoms with Crippen molar-refractivity contribution in [3.8, 4) is 0 Å². The average Bonchev–Trinajstić information content (AvgIpc) is 1.95. The van der Waals surface area contributed by atoms with Crippen LogP contribution in [0.3, 0.4) is 0 Å². The molecule has 1 aliphatic rings. The van der Waals surface area contributed by atoms with Gasteiger partial charge in [0.25, 0.3) is 0 Å². The topological polar surface area (TPSA) is 0 Å². The maximum Gasteiger partial charge on any atom is 4.00 e. The Kier molecular flexibility index (Phi) is 17.4. The van der Waals surface area contributed by atoms with E-state index >= 15 is 0 Å². The van der Waals surface area contributed by atoms with Gasteiger partial charge in [0.1, 0.15) is 0 Å². The summed E-state index contributed by atoms with van der Waals surface area (Å²) >= 11 is 0. The van der Waals surface area contributed by atoms with Gasteiger partial charge >= 0.3 is 26.2 Å². The van der Waals surface area contributed by atoms with Crippen molar-refractivity contribution >= 4 is 0 Å². The van der Waals surface area contributed by atoms with E-state index in [9.17, 15) is 0 Å². The summed E-state index contributed by atoms with van der Waals surface area (Å²) in [4.78, 5) is 0. The molecule has 0 aromatic carbocycles. The third-order valence-electron chi connectivity index (χ3n) is 2.56. The number of hydrogen-bond donors (Lipinski definition) is 0. The van der Waals surface area contributed by atoms with Crippen LogP contribution in [-0.4, -0.2) is 0 Å². The molecule has 0 aromatic heterocycles. The third kappa shape index (κ3) is 5.75. The quantitative estimate of drug-likeness (QED) is 0.191. The van der Waals surface area contributed by atoms with Gasteiger partial charge in [-0.3, -0.25) is 6.08 Å². The normalized spacial score (nSPS) is 16.8. The molecule has 1 rings (SSSR count). The van der Waals surface area contributed by atoms with Crippen molar-refractivity contribution in [1.29, 1.82) is 0 Å². The first kappa shape index (κ1) is 25.4. The summed E-state index contributed by atoms with van der Waals surface area (Å²) in [6.45, 7) is 10.9. The summed E-state index contributed by atoms with van der Waals surface area (Å²) in [6.07, 6.45) is 3.44. The van der Waals surface area contributed by atoms with Crippen molar-refractivity contribution in [3.63, 3.8) is 0 Å². The number of hydrogen-bond acceptors (Lipinski definition) is 0. The third-order valence-corrected chi connectivity index (χ3v) is 2.56. The van der Waals surface area contributed by atoms with Crippen LogP contribution in [0.15, 0.2) is 16.7 Å². The van der Waals surface area contributed by atoms with Crippen LogP contribution in [0.25, 0.3) is 0 Å². The molecule has 0 saturated carbocycles.